The van der Waals surface area contributed by atoms with Gasteiger partial charge >= 0.3 is 0 Å². The SMILES string of the molecule is C[C@H]1CC[C@H](NC[C@@H]2CCCO2)C[C@@H]1C. The zero-order valence-corrected chi connectivity index (χ0v) is 10.2. The number of ether oxygens (including phenoxy) is 1. The van der Waals surface area contributed by atoms with Crippen LogP contribution in [0.25, 0.3) is 0 Å². The van der Waals surface area contributed by atoms with Crippen LogP contribution >= 0.6 is 0 Å². The Kier molecular flexibility index (Phi) is 4.04. The van der Waals surface area contributed by atoms with Crippen LogP contribution in [0, 0.1) is 11.8 Å². The van der Waals surface area contributed by atoms with E-state index in [4.69, 9.17) is 4.74 Å². The second kappa shape index (κ2) is 5.31. The Morgan fingerprint density at radius 3 is 2.67 bits per heavy atom. The van der Waals surface area contributed by atoms with Crippen LogP contribution in [0.1, 0.15) is 46.0 Å². The molecule has 0 aromatic heterocycles. The lowest BCUT2D eigenvalue weighted by Gasteiger charge is -2.33. The van der Waals surface area contributed by atoms with Crippen molar-refractivity contribution >= 4 is 0 Å². The summed E-state index contributed by atoms with van der Waals surface area (Å²) in [7, 11) is 0. The lowest BCUT2D eigenvalue weighted by Crippen LogP contribution is -2.39. The van der Waals surface area contributed by atoms with Gasteiger partial charge in [0, 0.05) is 19.2 Å². The van der Waals surface area contributed by atoms with Crippen molar-refractivity contribution in [3.8, 4) is 0 Å². The van der Waals surface area contributed by atoms with Gasteiger partial charge in [-0.3, -0.25) is 0 Å². The molecule has 0 radical (unpaired) electrons. The minimum absolute atomic E-state index is 0.500. The molecule has 0 amide bonds. The quantitative estimate of drug-likeness (QED) is 0.774. The van der Waals surface area contributed by atoms with Gasteiger partial charge in [-0.25, -0.2) is 0 Å². The third-order valence-corrected chi connectivity index (χ3v) is 4.26. The first-order chi connectivity index (χ1) is 7.25. The van der Waals surface area contributed by atoms with Gasteiger partial charge in [-0.2, -0.15) is 0 Å². The molecule has 0 aromatic carbocycles. The summed E-state index contributed by atoms with van der Waals surface area (Å²) in [4.78, 5) is 0. The van der Waals surface area contributed by atoms with E-state index >= 15 is 0 Å². The molecule has 2 rings (SSSR count). The van der Waals surface area contributed by atoms with Crippen molar-refractivity contribution in [2.75, 3.05) is 13.2 Å². The predicted molar refractivity (Wildman–Crippen MR) is 62.9 cm³/mol. The standard InChI is InChI=1S/C13H25NO/c1-10-5-6-12(8-11(10)2)14-9-13-4-3-7-15-13/h10-14H,3-9H2,1-2H3/t10-,11-,12-,13-/m0/s1. The second-order valence-corrected chi connectivity index (χ2v) is 5.51. The molecule has 2 aliphatic rings. The highest BCUT2D eigenvalue weighted by Gasteiger charge is 2.25. The molecule has 2 fully saturated rings. The molecular formula is C13H25NO. The normalized spacial score (nSPS) is 42.0. The van der Waals surface area contributed by atoms with Crippen LogP contribution in [0.3, 0.4) is 0 Å². The van der Waals surface area contributed by atoms with Crippen LogP contribution in [-0.2, 0) is 4.74 Å². The third-order valence-electron chi connectivity index (χ3n) is 4.26. The molecule has 0 spiro atoms. The van der Waals surface area contributed by atoms with Crippen molar-refractivity contribution in [1.82, 2.24) is 5.32 Å². The highest BCUT2D eigenvalue weighted by atomic mass is 16.5. The first kappa shape index (κ1) is 11.4. The summed E-state index contributed by atoms with van der Waals surface area (Å²) in [5, 5.41) is 3.69. The highest BCUT2D eigenvalue weighted by Crippen LogP contribution is 2.29. The summed E-state index contributed by atoms with van der Waals surface area (Å²) >= 11 is 0. The van der Waals surface area contributed by atoms with Crippen molar-refractivity contribution < 1.29 is 4.74 Å². The van der Waals surface area contributed by atoms with Gasteiger partial charge in [-0.05, 0) is 43.9 Å². The number of hydrogen-bond acceptors (Lipinski definition) is 2. The van der Waals surface area contributed by atoms with Crippen LogP contribution in [0.5, 0.6) is 0 Å². The summed E-state index contributed by atoms with van der Waals surface area (Å²) in [5.41, 5.74) is 0. The molecule has 2 nitrogen and oxygen atoms in total. The molecule has 4 atom stereocenters. The minimum Gasteiger partial charge on any atom is -0.377 e. The second-order valence-electron chi connectivity index (χ2n) is 5.51. The van der Waals surface area contributed by atoms with Crippen LogP contribution in [0.4, 0.5) is 0 Å². The van der Waals surface area contributed by atoms with E-state index in [1.165, 1.54) is 32.1 Å². The van der Waals surface area contributed by atoms with E-state index in [0.29, 0.717) is 6.10 Å². The Labute approximate surface area is 93.8 Å². The zero-order chi connectivity index (χ0) is 10.7. The molecule has 88 valence electrons. The van der Waals surface area contributed by atoms with Crippen LogP contribution in [-0.4, -0.2) is 25.3 Å². The van der Waals surface area contributed by atoms with Gasteiger partial charge in [-0.1, -0.05) is 13.8 Å². The Bertz CT molecular complexity index is 189. The molecule has 0 aromatic rings. The van der Waals surface area contributed by atoms with Crippen molar-refractivity contribution in [2.45, 2.75) is 58.1 Å². The molecule has 1 N–H and O–H groups in total. The Balaban J connectivity index is 1.66. The zero-order valence-electron chi connectivity index (χ0n) is 10.2. The fraction of sp³-hybridized carbons (Fsp3) is 1.00. The maximum absolute atomic E-state index is 5.63. The first-order valence-electron chi connectivity index (χ1n) is 6.60. The van der Waals surface area contributed by atoms with Gasteiger partial charge in [0.25, 0.3) is 0 Å². The summed E-state index contributed by atoms with van der Waals surface area (Å²) in [6.07, 6.45) is 7.12. The summed E-state index contributed by atoms with van der Waals surface area (Å²) in [5.74, 6) is 1.81. The van der Waals surface area contributed by atoms with E-state index in [0.717, 1.165) is 31.0 Å². The van der Waals surface area contributed by atoms with Crippen molar-refractivity contribution in [1.29, 1.82) is 0 Å². The Morgan fingerprint density at radius 1 is 1.13 bits per heavy atom. The smallest absolute Gasteiger partial charge is 0.0700 e. The fourth-order valence-electron chi connectivity index (χ4n) is 2.84. The summed E-state index contributed by atoms with van der Waals surface area (Å²) < 4.78 is 5.63. The molecule has 1 saturated carbocycles. The topological polar surface area (TPSA) is 21.3 Å². The summed E-state index contributed by atoms with van der Waals surface area (Å²) in [6, 6.07) is 0.750. The van der Waals surface area contributed by atoms with E-state index < -0.39 is 0 Å². The van der Waals surface area contributed by atoms with Gasteiger partial charge < -0.3 is 10.1 Å². The van der Waals surface area contributed by atoms with E-state index in [2.05, 4.69) is 19.2 Å². The molecule has 1 heterocycles. The van der Waals surface area contributed by atoms with Gasteiger partial charge in [0.05, 0.1) is 6.10 Å². The average molecular weight is 211 g/mol. The molecule has 1 aliphatic carbocycles. The van der Waals surface area contributed by atoms with Gasteiger partial charge in [0.2, 0.25) is 0 Å². The maximum atomic E-state index is 5.63. The number of rotatable bonds is 3. The minimum atomic E-state index is 0.500. The molecule has 15 heavy (non-hydrogen) atoms. The van der Waals surface area contributed by atoms with Crippen molar-refractivity contribution in [3.63, 3.8) is 0 Å². The van der Waals surface area contributed by atoms with Crippen LogP contribution in [0.2, 0.25) is 0 Å². The number of nitrogens with one attached hydrogen (secondary N) is 1. The van der Waals surface area contributed by atoms with Gasteiger partial charge in [-0.15, -0.1) is 0 Å². The van der Waals surface area contributed by atoms with E-state index in [9.17, 15) is 0 Å². The highest BCUT2D eigenvalue weighted by molar-refractivity contribution is 4.81. The molecule has 1 saturated heterocycles. The van der Waals surface area contributed by atoms with E-state index in [-0.39, 0.29) is 0 Å². The lowest BCUT2D eigenvalue weighted by molar-refractivity contribution is 0.102. The fourth-order valence-corrected chi connectivity index (χ4v) is 2.84. The van der Waals surface area contributed by atoms with Gasteiger partial charge in [0.1, 0.15) is 0 Å². The third kappa shape index (κ3) is 3.18. The largest absolute Gasteiger partial charge is 0.377 e. The monoisotopic (exact) mass is 211 g/mol. The molecular weight excluding hydrogens is 186 g/mol. The van der Waals surface area contributed by atoms with Crippen LogP contribution < -0.4 is 5.32 Å². The van der Waals surface area contributed by atoms with E-state index in [1.807, 2.05) is 0 Å². The van der Waals surface area contributed by atoms with Gasteiger partial charge in [0.15, 0.2) is 0 Å². The maximum Gasteiger partial charge on any atom is 0.0700 e. The predicted octanol–water partition coefficient (Wildman–Crippen LogP) is 2.58. The molecule has 2 heteroatoms. The average Bonchev–Trinajstić information content (AvgIpc) is 2.73. The Morgan fingerprint density at radius 2 is 2.00 bits per heavy atom. The van der Waals surface area contributed by atoms with Crippen molar-refractivity contribution in [2.24, 2.45) is 11.8 Å². The van der Waals surface area contributed by atoms with E-state index in [1.54, 1.807) is 0 Å². The first-order valence-corrected chi connectivity index (χ1v) is 6.60. The van der Waals surface area contributed by atoms with Crippen molar-refractivity contribution in [3.05, 3.63) is 0 Å². The molecule has 1 aliphatic heterocycles. The summed E-state index contributed by atoms with van der Waals surface area (Å²) in [6.45, 7) is 6.84. The molecule has 0 unspecified atom stereocenters. The molecule has 0 bridgehead atoms. The lowest BCUT2D eigenvalue weighted by atomic mass is 9.79. The number of hydrogen-bond donors (Lipinski definition) is 1. The Hall–Kier alpha value is -0.0800. The van der Waals surface area contributed by atoms with Crippen LogP contribution in [0.15, 0.2) is 0 Å².